The molecule has 0 unspecified atom stereocenters. The molecule has 3 nitrogen and oxygen atoms in total. The first-order valence-electron chi connectivity index (χ1n) is 8.42. The Bertz CT molecular complexity index is 341. The van der Waals surface area contributed by atoms with E-state index in [-0.39, 0.29) is 17.2 Å². The van der Waals surface area contributed by atoms with Gasteiger partial charge >= 0.3 is 0 Å². The molecule has 2 aliphatic rings. The van der Waals surface area contributed by atoms with Gasteiger partial charge in [0.2, 0.25) is 0 Å². The summed E-state index contributed by atoms with van der Waals surface area (Å²) in [5.41, 5.74) is -0.240. The number of hydrogen-bond donors (Lipinski definition) is 1. The van der Waals surface area contributed by atoms with Crippen LogP contribution in [0.5, 0.6) is 0 Å². The van der Waals surface area contributed by atoms with Gasteiger partial charge in [0.1, 0.15) is 6.17 Å². The standard InChI is InChI=1S/C17H33FN2O/c1-12(2)19-15-7-8-20(11-14(15)18)13-9-16(3,4)21-17(5,6)10-13/h12-15,19H,7-11H2,1-6H3/t14-,15+/m0/s1. The van der Waals surface area contributed by atoms with E-state index in [1.54, 1.807) is 0 Å². The van der Waals surface area contributed by atoms with Crippen LogP contribution < -0.4 is 5.32 Å². The summed E-state index contributed by atoms with van der Waals surface area (Å²) < 4.78 is 20.6. The summed E-state index contributed by atoms with van der Waals surface area (Å²) in [6.07, 6.45) is 2.12. The molecule has 124 valence electrons. The number of halogens is 1. The molecule has 0 aromatic rings. The van der Waals surface area contributed by atoms with Crippen LogP contribution in [0, 0.1) is 0 Å². The van der Waals surface area contributed by atoms with Crippen molar-refractivity contribution in [3.05, 3.63) is 0 Å². The van der Waals surface area contributed by atoms with Crippen LogP contribution in [0.2, 0.25) is 0 Å². The van der Waals surface area contributed by atoms with Crippen LogP contribution in [0.1, 0.15) is 60.8 Å². The first-order chi connectivity index (χ1) is 9.58. The van der Waals surface area contributed by atoms with Crippen molar-refractivity contribution in [1.29, 1.82) is 0 Å². The first-order valence-corrected chi connectivity index (χ1v) is 8.42. The van der Waals surface area contributed by atoms with Crippen molar-refractivity contribution in [2.24, 2.45) is 0 Å². The summed E-state index contributed by atoms with van der Waals surface area (Å²) in [7, 11) is 0. The average Bonchev–Trinajstić information content (AvgIpc) is 2.27. The van der Waals surface area contributed by atoms with Crippen molar-refractivity contribution in [1.82, 2.24) is 10.2 Å². The van der Waals surface area contributed by atoms with E-state index < -0.39 is 6.17 Å². The zero-order valence-electron chi connectivity index (χ0n) is 14.6. The molecule has 0 radical (unpaired) electrons. The van der Waals surface area contributed by atoms with Gasteiger partial charge < -0.3 is 10.1 Å². The number of alkyl halides is 1. The quantitative estimate of drug-likeness (QED) is 0.866. The lowest BCUT2D eigenvalue weighted by molar-refractivity contribution is -0.179. The monoisotopic (exact) mass is 300 g/mol. The predicted molar refractivity (Wildman–Crippen MR) is 85.4 cm³/mol. The number of ether oxygens (including phenoxy) is 1. The molecular weight excluding hydrogens is 267 g/mol. The zero-order chi connectivity index (χ0) is 15.8. The molecule has 2 fully saturated rings. The molecule has 0 aliphatic carbocycles. The van der Waals surface area contributed by atoms with Gasteiger partial charge in [0, 0.05) is 31.2 Å². The molecule has 1 N–H and O–H groups in total. The summed E-state index contributed by atoms with van der Waals surface area (Å²) in [6.45, 7) is 14.3. The summed E-state index contributed by atoms with van der Waals surface area (Å²) in [6, 6.07) is 0.796. The van der Waals surface area contributed by atoms with Gasteiger partial charge in [-0.2, -0.15) is 0 Å². The highest BCUT2D eigenvalue weighted by Crippen LogP contribution is 2.38. The van der Waals surface area contributed by atoms with E-state index >= 15 is 0 Å². The zero-order valence-corrected chi connectivity index (χ0v) is 14.6. The second kappa shape index (κ2) is 6.13. The van der Waals surface area contributed by atoms with Gasteiger partial charge in [0.05, 0.1) is 11.2 Å². The Hall–Kier alpha value is -0.190. The molecular formula is C17H33FN2O. The highest BCUT2D eigenvalue weighted by Gasteiger charge is 2.43. The third kappa shape index (κ3) is 4.64. The SMILES string of the molecule is CC(C)N[C@@H]1CCN(C2CC(C)(C)OC(C)(C)C2)C[C@@H]1F. The van der Waals surface area contributed by atoms with Gasteiger partial charge in [-0.15, -0.1) is 0 Å². The van der Waals surface area contributed by atoms with Crippen LogP contribution in [-0.2, 0) is 4.74 Å². The van der Waals surface area contributed by atoms with Crippen LogP contribution in [0.15, 0.2) is 0 Å². The van der Waals surface area contributed by atoms with Gasteiger partial charge in [-0.25, -0.2) is 4.39 Å². The van der Waals surface area contributed by atoms with Crippen molar-refractivity contribution < 1.29 is 9.13 Å². The molecule has 0 saturated carbocycles. The van der Waals surface area contributed by atoms with E-state index in [2.05, 4.69) is 51.8 Å². The minimum absolute atomic E-state index is 0.0158. The maximum atomic E-state index is 14.5. The molecule has 0 bridgehead atoms. The molecule has 2 rings (SSSR count). The molecule has 2 saturated heterocycles. The number of piperidine rings is 1. The second-order valence-electron chi connectivity index (χ2n) is 8.41. The maximum absolute atomic E-state index is 14.5. The number of hydrogen-bond acceptors (Lipinski definition) is 3. The highest BCUT2D eigenvalue weighted by molar-refractivity contribution is 4.96. The molecule has 0 aromatic carbocycles. The summed E-state index contributed by atoms with van der Waals surface area (Å²) in [5, 5.41) is 3.36. The van der Waals surface area contributed by atoms with Crippen LogP contribution in [0.25, 0.3) is 0 Å². The predicted octanol–water partition coefficient (Wildman–Crippen LogP) is 3.13. The Morgan fingerprint density at radius 1 is 1.14 bits per heavy atom. The third-order valence-corrected chi connectivity index (χ3v) is 4.64. The van der Waals surface area contributed by atoms with Crippen LogP contribution in [0.4, 0.5) is 4.39 Å². The van der Waals surface area contributed by atoms with Crippen molar-refractivity contribution >= 4 is 0 Å². The van der Waals surface area contributed by atoms with Gasteiger partial charge in [-0.3, -0.25) is 4.90 Å². The Morgan fingerprint density at radius 2 is 1.71 bits per heavy atom. The minimum atomic E-state index is -0.768. The first kappa shape index (κ1) is 17.2. The smallest absolute Gasteiger partial charge is 0.128 e. The van der Waals surface area contributed by atoms with Gasteiger partial charge in [0.25, 0.3) is 0 Å². The average molecular weight is 300 g/mol. The second-order valence-corrected chi connectivity index (χ2v) is 8.41. The van der Waals surface area contributed by atoms with Crippen LogP contribution in [0.3, 0.4) is 0 Å². The maximum Gasteiger partial charge on any atom is 0.128 e. The summed E-state index contributed by atoms with van der Waals surface area (Å²) >= 11 is 0. The van der Waals surface area contributed by atoms with E-state index in [1.165, 1.54) is 0 Å². The fourth-order valence-electron chi connectivity index (χ4n) is 4.17. The van der Waals surface area contributed by atoms with E-state index in [4.69, 9.17) is 4.74 Å². The normalized spacial score (nSPS) is 34.3. The van der Waals surface area contributed by atoms with Gasteiger partial charge in [-0.1, -0.05) is 13.8 Å². The Balaban J connectivity index is 1.97. The van der Waals surface area contributed by atoms with Crippen LogP contribution >= 0.6 is 0 Å². The number of nitrogens with zero attached hydrogens (tertiary/aromatic N) is 1. The lowest BCUT2D eigenvalue weighted by Crippen LogP contribution is -2.59. The Kier molecular flexibility index (Phi) is 5.01. The number of rotatable bonds is 3. The highest BCUT2D eigenvalue weighted by atomic mass is 19.1. The molecule has 0 aromatic heterocycles. The van der Waals surface area contributed by atoms with E-state index in [9.17, 15) is 4.39 Å². The number of nitrogens with one attached hydrogen (secondary N) is 1. The largest absolute Gasteiger partial charge is 0.370 e. The van der Waals surface area contributed by atoms with E-state index in [1.807, 2.05) is 0 Å². The van der Waals surface area contributed by atoms with E-state index in [0.717, 1.165) is 25.8 Å². The Morgan fingerprint density at radius 3 is 2.19 bits per heavy atom. The summed E-state index contributed by atoms with van der Waals surface area (Å²) in [5.74, 6) is 0. The molecule has 2 heterocycles. The number of likely N-dealkylation sites (tertiary alicyclic amines) is 1. The van der Waals surface area contributed by atoms with E-state index in [0.29, 0.717) is 18.6 Å². The fourth-order valence-corrected chi connectivity index (χ4v) is 4.17. The summed E-state index contributed by atoms with van der Waals surface area (Å²) in [4.78, 5) is 2.36. The van der Waals surface area contributed by atoms with Gasteiger partial charge in [-0.05, 0) is 47.0 Å². The molecule has 2 atom stereocenters. The van der Waals surface area contributed by atoms with Crippen LogP contribution in [-0.4, -0.2) is 53.5 Å². The minimum Gasteiger partial charge on any atom is -0.370 e. The lowest BCUT2D eigenvalue weighted by Gasteiger charge is -2.50. The molecule has 0 spiro atoms. The van der Waals surface area contributed by atoms with Crippen molar-refractivity contribution in [2.45, 2.75) is 96.3 Å². The third-order valence-electron chi connectivity index (χ3n) is 4.64. The molecule has 21 heavy (non-hydrogen) atoms. The van der Waals surface area contributed by atoms with Crippen molar-refractivity contribution in [3.63, 3.8) is 0 Å². The van der Waals surface area contributed by atoms with Gasteiger partial charge in [0.15, 0.2) is 0 Å². The molecule has 0 amide bonds. The molecule has 2 aliphatic heterocycles. The lowest BCUT2D eigenvalue weighted by atomic mass is 9.83. The topological polar surface area (TPSA) is 24.5 Å². The van der Waals surface area contributed by atoms with Crippen molar-refractivity contribution in [3.8, 4) is 0 Å². The Labute approximate surface area is 129 Å². The fraction of sp³-hybridized carbons (Fsp3) is 1.00. The molecule has 4 heteroatoms. The van der Waals surface area contributed by atoms with Crippen molar-refractivity contribution in [2.75, 3.05) is 13.1 Å².